The first-order valence-electron chi connectivity index (χ1n) is 16.9. The number of nitrogens with zero attached hydrogens (tertiary/aromatic N) is 3. The molecule has 0 saturated carbocycles. The second-order valence-corrected chi connectivity index (χ2v) is 17.3. The highest BCUT2D eigenvalue weighted by Gasteiger charge is 2.64. The summed E-state index contributed by atoms with van der Waals surface area (Å²) in [7, 11) is -3.27. The van der Waals surface area contributed by atoms with Gasteiger partial charge in [0, 0.05) is 28.0 Å². The molecule has 0 saturated heterocycles. The van der Waals surface area contributed by atoms with Crippen LogP contribution in [0.3, 0.4) is 0 Å². The highest BCUT2D eigenvalue weighted by Crippen LogP contribution is 2.51. The van der Waals surface area contributed by atoms with Crippen LogP contribution in [0.5, 0.6) is 0 Å². The van der Waals surface area contributed by atoms with Gasteiger partial charge in [-0.1, -0.05) is 135 Å². The van der Waals surface area contributed by atoms with Crippen LogP contribution in [0.4, 0.5) is 22.7 Å². The Balaban J connectivity index is 1.86. The van der Waals surface area contributed by atoms with Gasteiger partial charge in [0.15, 0.2) is 0 Å². The van der Waals surface area contributed by atoms with E-state index in [0.29, 0.717) is 23.7 Å². The van der Waals surface area contributed by atoms with E-state index < -0.39 is 8.56 Å². The Labute approximate surface area is 278 Å². The van der Waals surface area contributed by atoms with Crippen molar-refractivity contribution < 1.29 is 0 Å². The van der Waals surface area contributed by atoms with E-state index >= 15 is 0 Å². The lowest BCUT2D eigenvalue weighted by Gasteiger charge is -2.56. The van der Waals surface area contributed by atoms with Crippen molar-refractivity contribution >= 4 is 36.5 Å². The smallest absolute Gasteiger partial charge is 0.332 e. The third-order valence-electron chi connectivity index (χ3n) is 9.62. The van der Waals surface area contributed by atoms with Gasteiger partial charge in [-0.25, -0.2) is 0 Å². The zero-order valence-electron chi connectivity index (χ0n) is 29.1. The van der Waals surface area contributed by atoms with Crippen LogP contribution in [0.2, 0.25) is 0 Å². The van der Waals surface area contributed by atoms with E-state index in [1.807, 2.05) is 0 Å². The van der Waals surface area contributed by atoms with Gasteiger partial charge in [-0.15, -0.1) is 0 Å². The van der Waals surface area contributed by atoms with Crippen molar-refractivity contribution in [2.75, 3.05) is 19.2 Å². The second kappa shape index (κ2) is 12.2. The first kappa shape index (κ1) is 31.7. The lowest BCUT2D eigenvalue weighted by Crippen LogP contribution is -2.81. The molecule has 0 fully saturated rings. The molecule has 0 amide bonds. The first-order chi connectivity index (χ1) is 22.0. The van der Waals surface area contributed by atoms with E-state index in [2.05, 4.69) is 179 Å². The SMILES string of the molecule is C=C1C=C(C)N(c2c(C(C)C)cccc2C(C)C)[Si@]2(c3ccccc3NN2c2ccccc2)N1c1c(C(C)C)cccc1C(C)C. The molecule has 0 bridgehead atoms. The summed E-state index contributed by atoms with van der Waals surface area (Å²) >= 11 is 0. The molecule has 4 aromatic rings. The number of hydrogen-bond donors (Lipinski definition) is 1. The minimum atomic E-state index is -3.27. The van der Waals surface area contributed by atoms with Crippen LogP contribution in [0.1, 0.15) is 108 Å². The van der Waals surface area contributed by atoms with Crippen molar-refractivity contribution in [2.24, 2.45) is 0 Å². The highest BCUT2D eigenvalue weighted by atomic mass is 28.4. The number of hydrazine groups is 1. The molecule has 1 spiro atoms. The summed E-state index contributed by atoms with van der Waals surface area (Å²) in [5.41, 5.74) is 16.6. The summed E-state index contributed by atoms with van der Waals surface area (Å²) in [6.45, 7) is 25.8. The van der Waals surface area contributed by atoms with E-state index in [-0.39, 0.29) is 0 Å². The average Bonchev–Trinajstić information content (AvgIpc) is 3.35. The van der Waals surface area contributed by atoms with Crippen molar-refractivity contribution in [3.05, 3.63) is 137 Å². The summed E-state index contributed by atoms with van der Waals surface area (Å²) in [5, 5.41) is 1.33. The molecule has 4 aromatic carbocycles. The third kappa shape index (κ3) is 4.87. The number of hydrogen-bond acceptors (Lipinski definition) is 4. The zero-order valence-corrected chi connectivity index (χ0v) is 30.1. The van der Waals surface area contributed by atoms with Gasteiger partial charge in [-0.3, -0.25) is 4.67 Å². The van der Waals surface area contributed by atoms with Crippen LogP contribution in [-0.2, 0) is 0 Å². The maximum absolute atomic E-state index is 4.89. The van der Waals surface area contributed by atoms with E-state index in [1.54, 1.807) is 0 Å². The number of benzene rings is 4. The zero-order chi connectivity index (χ0) is 32.9. The molecule has 2 heterocycles. The van der Waals surface area contributed by atoms with Gasteiger partial charge in [0.25, 0.3) is 0 Å². The lowest BCUT2D eigenvalue weighted by molar-refractivity contribution is 0.820. The topological polar surface area (TPSA) is 21.8 Å². The summed E-state index contributed by atoms with van der Waals surface area (Å²) < 4.78 is 7.98. The molecule has 6 rings (SSSR count). The Morgan fingerprint density at radius 2 is 1.02 bits per heavy atom. The van der Waals surface area contributed by atoms with Gasteiger partial charge in [-0.2, -0.15) is 0 Å². The monoisotopic (exact) mass is 626 g/mol. The fourth-order valence-corrected chi connectivity index (χ4v) is 12.6. The quantitative estimate of drug-likeness (QED) is 0.206. The summed E-state index contributed by atoms with van der Waals surface area (Å²) in [6.07, 6.45) is 2.32. The van der Waals surface area contributed by atoms with Gasteiger partial charge in [0.05, 0.1) is 11.4 Å². The van der Waals surface area contributed by atoms with Gasteiger partial charge in [-0.05, 0) is 77.1 Å². The van der Waals surface area contributed by atoms with Crippen LogP contribution < -0.4 is 24.4 Å². The Morgan fingerprint density at radius 3 is 1.52 bits per heavy atom. The van der Waals surface area contributed by atoms with Crippen LogP contribution >= 0.6 is 0 Å². The van der Waals surface area contributed by atoms with E-state index in [9.17, 15) is 0 Å². The molecule has 0 aromatic heterocycles. The standard InChI is InChI=1S/C41H50N4Si/c1-27(2)34-20-16-21-35(28(3)4)40(34)43-31(9)26-32(10)44(41-36(29(5)6)22-17-23-37(41)30(7)8)46(43)39-25-15-14-24-38(39)42-45(46)33-18-12-11-13-19-33/h11-30,42H,9H2,1-8,10H3/t46-/m0/s1. The minimum absolute atomic E-state index is 0.331. The molecule has 4 nitrogen and oxygen atoms in total. The number of para-hydroxylation sites is 4. The van der Waals surface area contributed by atoms with Crippen molar-refractivity contribution in [2.45, 2.75) is 86.0 Å². The first-order valence-corrected chi connectivity index (χ1v) is 18.8. The van der Waals surface area contributed by atoms with E-state index in [1.165, 1.54) is 44.5 Å². The maximum Gasteiger partial charge on any atom is 0.444 e. The molecule has 46 heavy (non-hydrogen) atoms. The number of nitrogens with one attached hydrogen (secondary N) is 1. The van der Waals surface area contributed by atoms with Gasteiger partial charge in [0.2, 0.25) is 0 Å². The summed E-state index contributed by atoms with van der Waals surface area (Å²) in [6, 6.07) is 33.7. The number of fused-ring (bicyclic) bond motifs is 2. The number of rotatable bonds is 7. The number of allylic oxidation sites excluding steroid dienone is 2. The normalized spacial score (nSPS) is 17.9. The van der Waals surface area contributed by atoms with E-state index in [0.717, 1.165) is 17.1 Å². The summed E-state index contributed by atoms with van der Waals surface area (Å²) in [4.78, 5) is 0. The van der Waals surface area contributed by atoms with Crippen LogP contribution in [0.25, 0.3) is 0 Å². The van der Waals surface area contributed by atoms with Gasteiger partial charge in [0.1, 0.15) is 0 Å². The Bertz CT molecular complexity index is 1740. The van der Waals surface area contributed by atoms with Crippen molar-refractivity contribution in [1.82, 2.24) is 0 Å². The molecule has 238 valence electrons. The third-order valence-corrected chi connectivity index (χ3v) is 14.1. The fraction of sp³-hybridized carbons (Fsp3) is 0.317. The average molecular weight is 627 g/mol. The molecular formula is C41H50N4Si. The van der Waals surface area contributed by atoms with Crippen LogP contribution in [0.15, 0.2) is 115 Å². The van der Waals surface area contributed by atoms with Crippen molar-refractivity contribution in [1.29, 1.82) is 0 Å². The number of anilines is 4. The highest BCUT2D eigenvalue weighted by molar-refractivity contribution is 7.03. The van der Waals surface area contributed by atoms with Crippen LogP contribution in [0, 0.1) is 0 Å². The second-order valence-electron chi connectivity index (χ2n) is 14.1. The maximum atomic E-state index is 4.89. The molecule has 0 aliphatic carbocycles. The molecule has 1 atom stereocenters. The summed E-state index contributed by atoms with van der Waals surface area (Å²) in [5.74, 6) is 1.35. The Kier molecular flexibility index (Phi) is 8.41. The molecule has 2 aliphatic heterocycles. The lowest BCUT2D eigenvalue weighted by atomic mass is 9.92. The Hall–Kier alpha value is -4.22. The van der Waals surface area contributed by atoms with Crippen molar-refractivity contribution in [3.63, 3.8) is 0 Å². The molecule has 0 unspecified atom stereocenters. The predicted octanol–water partition coefficient (Wildman–Crippen LogP) is 10.6. The fourth-order valence-electron chi connectivity index (χ4n) is 7.54. The van der Waals surface area contributed by atoms with E-state index in [4.69, 9.17) is 6.58 Å². The van der Waals surface area contributed by atoms with Gasteiger partial charge < -0.3 is 14.6 Å². The molecular weight excluding hydrogens is 577 g/mol. The predicted molar refractivity (Wildman–Crippen MR) is 201 cm³/mol. The Morgan fingerprint density at radius 1 is 0.565 bits per heavy atom. The molecule has 1 N–H and O–H groups in total. The molecule has 5 heteroatoms. The molecule has 0 radical (unpaired) electrons. The minimum Gasteiger partial charge on any atom is -0.332 e. The largest absolute Gasteiger partial charge is 0.444 e. The van der Waals surface area contributed by atoms with Crippen molar-refractivity contribution in [3.8, 4) is 0 Å². The van der Waals surface area contributed by atoms with Crippen LogP contribution in [-0.4, -0.2) is 8.56 Å². The molecule has 2 aliphatic rings. The van der Waals surface area contributed by atoms with Gasteiger partial charge >= 0.3 is 8.56 Å².